The Hall–Kier alpha value is -2.50. The van der Waals surface area contributed by atoms with E-state index in [1.54, 1.807) is 27.7 Å². The van der Waals surface area contributed by atoms with Crippen molar-refractivity contribution in [3.63, 3.8) is 0 Å². The van der Waals surface area contributed by atoms with E-state index in [9.17, 15) is 13.2 Å². The molecular weight excluding hydrogens is 426 g/mol. The molecule has 3 aromatic heterocycles. The van der Waals surface area contributed by atoms with Crippen molar-refractivity contribution in [1.29, 1.82) is 0 Å². The second-order valence-corrected chi connectivity index (χ2v) is 8.85. The maximum atomic E-state index is 12.7. The zero-order valence-electron chi connectivity index (χ0n) is 15.3. The van der Waals surface area contributed by atoms with Crippen molar-refractivity contribution in [2.24, 2.45) is 0 Å². The maximum Gasteiger partial charge on any atom is 0.267 e. The molecule has 9 nitrogen and oxygen atoms in total. The molecule has 0 aliphatic heterocycles. The van der Waals surface area contributed by atoms with E-state index in [4.69, 9.17) is 16.1 Å². The van der Waals surface area contributed by atoms with Crippen LogP contribution in [0.2, 0.25) is 5.02 Å². The number of carbonyl (C=O) groups excluding carboxylic acids is 1. The van der Waals surface area contributed by atoms with Crippen molar-refractivity contribution in [2.45, 2.75) is 32.6 Å². The van der Waals surface area contributed by atoms with Gasteiger partial charge in [0.2, 0.25) is 0 Å². The largest absolute Gasteiger partial charge is 0.336 e. The highest BCUT2D eigenvalue weighted by atomic mass is 35.5. The predicted octanol–water partition coefficient (Wildman–Crippen LogP) is 3.47. The number of rotatable bonds is 5. The lowest BCUT2D eigenvalue weighted by Crippen LogP contribution is -2.19. The van der Waals surface area contributed by atoms with Gasteiger partial charge in [0.1, 0.15) is 26.3 Å². The molecular formula is C16H16ClN5O4S2. The molecule has 0 fully saturated rings. The molecule has 0 saturated carbocycles. The Labute approximate surface area is 170 Å². The van der Waals surface area contributed by atoms with E-state index in [0.717, 1.165) is 11.3 Å². The topological polar surface area (TPSA) is 127 Å². The number of thiophene rings is 1. The van der Waals surface area contributed by atoms with Gasteiger partial charge in [0.05, 0.1) is 17.1 Å². The zero-order chi connectivity index (χ0) is 20.6. The molecule has 28 heavy (non-hydrogen) atoms. The van der Waals surface area contributed by atoms with Crippen LogP contribution in [0.4, 0.5) is 11.6 Å². The first-order valence-corrected chi connectivity index (χ1v) is 10.7. The first kappa shape index (κ1) is 20.2. The van der Waals surface area contributed by atoms with Gasteiger partial charge in [-0.2, -0.15) is 0 Å². The molecule has 3 rings (SSSR count). The molecule has 12 heteroatoms. The van der Waals surface area contributed by atoms with E-state index in [2.05, 4.69) is 25.2 Å². The number of halogens is 1. The summed E-state index contributed by atoms with van der Waals surface area (Å²) >= 11 is 6.95. The van der Waals surface area contributed by atoms with Crippen LogP contribution < -0.4 is 10.0 Å². The fraction of sp³-hybridized carbons (Fsp3) is 0.250. The molecule has 0 spiro atoms. The van der Waals surface area contributed by atoms with Gasteiger partial charge in [-0.25, -0.2) is 23.1 Å². The molecule has 1 amide bonds. The summed E-state index contributed by atoms with van der Waals surface area (Å²) in [6, 6.07) is 1.32. The first-order valence-electron chi connectivity index (χ1n) is 7.95. The number of amides is 1. The van der Waals surface area contributed by atoms with Gasteiger partial charge in [-0.3, -0.25) is 4.79 Å². The summed E-state index contributed by atoms with van der Waals surface area (Å²) in [5, 5.41) is 7.84. The Kier molecular flexibility index (Phi) is 5.41. The molecule has 0 aliphatic carbocycles. The number of hydrogen-bond acceptors (Lipinski definition) is 8. The van der Waals surface area contributed by atoms with E-state index in [1.165, 1.54) is 11.4 Å². The molecule has 2 N–H and O–H groups in total. The number of aromatic nitrogens is 3. The van der Waals surface area contributed by atoms with E-state index in [1.807, 2.05) is 0 Å². The van der Waals surface area contributed by atoms with Crippen LogP contribution in [0.15, 0.2) is 20.9 Å². The average Bonchev–Trinajstić information content (AvgIpc) is 3.21. The van der Waals surface area contributed by atoms with Gasteiger partial charge >= 0.3 is 0 Å². The fourth-order valence-electron chi connectivity index (χ4n) is 2.51. The number of anilines is 2. The highest BCUT2D eigenvalue weighted by Crippen LogP contribution is 2.30. The number of nitrogens with one attached hydrogen (secondary N) is 2. The molecule has 0 atom stereocenters. The number of sulfonamides is 1. The summed E-state index contributed by atoms with van der Waals surface area (Å²) in [5.41, 5.74) is 1.95. The predicted molar refractivity (Wildman–Crippen MR) is 106 cm³/mol. The summed E-state index contributed by atoms with van der Waals surface area (Å²) in [7, 11) is -4.12. The second kappa shape index (κ2) is 7.49. The lowest BCUT2D eigenvalue weighted by Gasteiger charge is -2.11. The van der Waals surface area contributed by atoms with Crippen molar-refractivity contribution >= 4 is 50.4 Å². The van der Waals surface area contributed by atoms with Gasteiger partial charge in [0, 0.05) is 0 Å². The van der Waals surface area contributed by atoms with Crippen molar-refractivity contribution in [3.05, 3.63) is 44.3 Å². The van der Waals surface area contributed by atoms with Crippen LogP contribution in [0.3, 0.4) is 0 Å². The van der Waals surface area contributed by atoms with E-state index in [-0.39, 0.29) is 20.7 Å². The molecule has 0 bridgehead atoms. The van der Waals surface area contributed by atoms with Gasteiger partial charge in [-0.1, -0.05) is 16.8 Å². The average molecular weight is 442 g/mol. The molecule has 148 valence electrons. The van der Waals surface area contributed by atoms with Crippen molar-refractivity contribution in [1.82, 2.24) is 15.1 Å². The molecule has 0 aromatic carbocycles. The van der Waals surface area contributed by atoms with Gasteiger partial charge in [0.25, 0.3) is 21.8 Å². The molecule has 0 aliphatic rings. The third-order valence-electron chi connectivity index (χ3n) is 3.76. The molecule has 3 heterocycles. The Morgan fingerprint density at radius 3 is 2.36 bits per heavy atom. The number of nitrogens with zero attached hydrogens (tertiary/aromatic N) is 3. The third-order valence-corrected chi connectivity index (χ3v) is 6.62. The lowest BCUT2D eigenvalue weighted by atomic mass is 10.2. The molecule has 3 aromatic rings. The van der Waals surface area contributed by atoms with Crippen molar-refractivity contribution in [2.75, 3.05) is 10.0 Å². The highest BCUT2D eigenvalue weighted by molar-refractivity contribution is 7.93. The summed E-state index contributed by atoms with van der Waals surface area (Å²) < 4.78 is 32.5. The fourth-order valence-corrected chi connectivity index (χ4v) is 5.00. The Balaban J connectivity index is 1.91. The monoisotopic (exact) mass is 441 g/mol. The van der Waals surface area contributed by atoms with Gasteiger partial charge in [0.15, 0.2) is 0 Å². The van der Waals surface area contributed by atoms with Crippen LogP contribution in [0, 0.1) is 27.7 Å². The zero-order valence-corrected chi connectivity index (χ0v) is 17.7. The maximum absolute atomic E-state index is 12.7. The van der Waals surface area contributed by atoms with E-state index >= 15 is 0 Å². The first-order chi connectivity index (χ1) is 13.1. The minimum Gasteiger partial charge on any atom is -0.336 e. The standard InChI is InChI=1S/C16H16ClN5O4S2/c1-7-12(17)16(26-21-7)22-28(24,25)11-5-6-27-14(11)15(23)20-13-8(2)18-10(4)19-9(13)3/h5-6,22H,1-4H3,(H,20,23). The van der Waals surface area contributed by atoms with Gasteiger partial charge in [-0.05, 0) is 39.1 Å². The minimum absolute atomic E-state index is 0.000709. The van der Waals surface area contributed by atoms with E-state index in [0.29, 0.717) is 28.6 Å². The summed E-state index contributed by atoms with van der Waals surface area (Å²) in [4.78, 5) is 21.0. The van der Waals surface area contributed by atoms with Crippen LogP contribution in [-0.2, 0) is 10.0 Å². The van der Waals surface area contributed by atoms with Crippen LogP contribution in [-0.4, -0.2) is 29.4 Å². The van der Waals surface area contributed by atoms with Gasteiger partial charge < -0.3 is 9.84 Å². The van der Waals surface area contributed by atoms with Crippen molar-refractivity contribution in [3.8, 4) is 0 Å². The molecule has 0 unspecified atom stereocenters. The van der Waals surface area contributed by atoms with Crippen molar-refractivity contribution < 1.29 is 17.7 Å². The molecule has 0 radical (unpaired) electrons. The SMILES string of the molecule is Cc1nc(C)c(NC(=O)c2sccc2S(=O)(=O)Nc2onc(C)c2Cl)c(C)n1. The lowest BCUT2D eigenvalue weighted by molar-refractivity contribution is 0.102. The third kappa shape index (κ3) is 3.86. The van der Waals surface area contributed by atoms with Crippen LogP contribution >= 0.6 is 22.9 Å². The Bertz CT molecular complexity index is 1150. The van der Waals surface area contributed by atoms with Gasteiger partial charge in [-0.15, -0.1) is 11.3 Å². The van der Waals surface area contributed by atoms with Crippen LogP contribution in [0.1, 0.15) is 32.6 Å². The van der Waals surface area contributed by atoms with E-state index < -0.39 is 15.9 Å². The second-order valence-electron chi connectivity index (χ2n) is 5.90. The summed E-state index contributed by atoms with van der Waals surface area (Å²) in [5.74, 6) is -0.222. The normalized spacial score (nSPS) is 11.5. The number of hydrogen-bond donors (Lipinski definition) is 2. The quantitative estimate of drug-likeness (QED) is 0.620. The number of aryl methyl sites for hydroxylation is 4. The smallest absolute Gasteiger partial charge is 0.267 e. The van der Waals surface area contributed by atoms with Crippen LogP contribution in [0.25, 0.3) is 0 Å². The molecule has 0 saturated heterocycles. The highest BCUT2D eigenvalue weighted by Gasteiger charge is 2.27. The minimum atomic E-state index is -4.12. The Morgan fingerprint density at radius 2 is 1.79 bits per heavy atom. The number of carbonyl (C=O) groups is 1. The summed E-state index contributed by atoms with van der Waals surface area (Å²) in [6.45, 7) is 6.79. The summed E-state index contributed by atoms with van der Waals surface area (Å²) in [6.07, 6.45) is 0. The Morgan fingerprint density at radius 1 is 1.14 bits per heavy atom. The van der Waals surface area contributed by atoms with Crippen LogP contribution in [0.5, 0.6) is 0 Å².